The Bertz CT molecular complexity index is 1170. The first-order chi connectivity index (χ1) is 14.4. The molecule has 1 aromatic heterocycles. The number of furan rings is 1. The van der Waals surface area contributed by atoms with E-state index in [0.717, 1.165) is 17.0 Å². The molecule has 4 rings (SSSR count). The molecule has 6 nitrogen and oxygen atoms in total. The van der Waals surface area contributed by atoms with Crippen molar-refractivity contribution in [3.8, 4) is 5.75 Å². The maximum atomic E-state index is 13.8. The monoisotopic (exact) mass is 411 g/mol. The van der Waals surface area contributed by atoms with E-state index in [4.69, 9.17) is 9.15 Å². The molecular weight excluding hydrogens is 396 g/mol. The minimum Gasteiger partial charge on any atom is -0.507 e. The van der Waals surface area contributed by atoms with E-state index in [-0.39, 0.29) is 28.3 Å². The smallest absolute Gasteiger partial charge is 0.300 e. The molecule has 30 heavy (non-hydrogen) atoms. The summed E-state index contributed by atoms with van der Waals surface area (Å²) >= 11 is 0. The second-order valence-electron chi connectivity index (χ2n) is 6.48. The van der Waals surface area contributed by atoms with Crippen LogP contribution in [-0.2, 0) is 9.59 Å². The molecule has 2 heterocycles. The van der Waals surface area contributed by atoms with Gasteiger partial charge in [-0.1, -0.05) is 12.1 Å². The number of ether oxygens (including phenoxy) is 1. The number of ketones is 1. The van der Waals surface area contributed by atoms with Crippen LogP contribution in [0.2, 0.25) is 0 Å². The number of aliphatic hydroxyl groups is 1. The van der Waals surface area contributed by atoms with Crippen LogP contribution in [0.3, 0.4) is 0 Å². The quantitative estimate of drug-likeness (QED) is 0.396. The SMILES string of the molecule is COc1ccccc1/C(O)=C1/C(=O)C(=O)N(c2ccc(F)c(F)c2)C1c1ccco1. The van der Waals surface area contributed by atoms with Gasteiger partial charge in [-0.05, 0) is 36.4 Å². The Morgan fingerprint density at radius 2 is 1.83 bits per heavy atom. The molecule has 0 saturated carbocycles. The lowest BCUT2D eigenvalue weighted by molar-refractivity contribution is -0.132. The van der Waals surface area contributed by atoms with Crippen LogP contribution in [0, 0.1) is 11.6 Å². The number of para-hydroxylation sites is 1. The predicted molar refractivity (Wildman–Crippen MR) is 103 cm³/mol. The number of hydrogen-bond acceptors (Lipinski definition) is 5. The molecule has 1 atom stereocenters. The number of benzene rings is 2. The number of carbonyl (C=O) groups is 2. The number of methoxy groups -OCH3 is 1. The van der Waals surface area contributed by atoms with Crippen LogP contribution in [-0.4, -0.2) is 23.9 Å². The molecule has 0 radical (unpaired) electrons. The molecule has 0 aliphatic carbocycles. The van der Waals surface area contributed by atoms with Crippen molar-refractivity contribution in [2.45, 2.75) is 6.04 Å². The normalized spacial score (nSPS) is 18.1. The lowest BCUT2D eigenvalue weighted by atomic mass is 9.98. The average Bonchev–Trinajstić information content (AvgIpc) is 3.37. The maximum absolute atomic E-state index is 13.8. The number of anilines is 1. The fraction of sp³-hybridized carbons (Fsp3) is 0.0909. The largest absolute Gasteiger partial charge is 0.507 e. The summed E-state index contributed by atoms with van der Waals surface area (Å²) in [6, 6.07) is 11.1. The van der Waals surface area contributed by atoms with Crippen LogP contribution >= 0.6 is 0 Å². The summed E-state index contributed by atoms with van der Waals surface area (Å²) in [7, 11) is 1.40. The maximum Gasteiger partial charge on any atom is 0.300 e. The van der Waals surface area contributed by atoms with E-state index in [2.05, 4.69) is 0 Å². The van der Waals surface area contributed by atoms with Crippen LogP contribution in [0.4, 0.5) is 14.5 Å². The third kappa shape index (κ3) is 3.02. The lowest BCUT2D eigenvalue weighted by Gasteiger charge is -2.23. The van der Waals surface area contributed by atoms with Crippen molar-refractivity contribution in [1.82, 2.24) is 0 Å². The summed E-state index contributed by atoms with van der Waals surface area (Å²) in [5.74, 6) is -4.32. The second-order valence-corrected chi connectivity index (χ2v) is 6.48. The van der Waals surface area contributed by atoms with Crippen molar-refractivity contribution in [2.75, 3.05) is 12.0 Å². The average molecular weight is 411 g/mol. The molecule has 0 bridgehead atoms. The van der Waals surface area contributed by atoms with Gasteiger partial charge in [0.05, 0.1) is 24.5 Å². The Hall–Kier alpha value is -3.94. The molecule has 1 aliphatic heterocycles. The zero-order chi connectivity index (χ0) is 21.4. The van der Waals surface area contributed by atoms with E-state index in [1.165, 1.54) is 31.6 Å². The fourth-order valence-corrected chi connectivity index (χ4v) is 3.44. The van der Waals surface area contributed by atoms with Gasteiger partial charge < -0.3 is 14.3 Å². The zero-order valence-electron chi connectivity index (χ0n) is 15.6. The highest BCUT2D eigenvalue weighted by atomic mass is 19.2. The number of hydrogen-bond donors (Lipinski definition) is 1. The summed E-state index contributed by atoms with van der Waals surface area (Å²) in [5.41, 5.74) is -0.125. The van der Waals surface area contributed by atoms with Crippen LogP contribution in [0.1, 0.15) is 17.4 Å². The van der Waals surface area contributed by atoms with Gasteiger partial charge in [-0.15, -0.1) is 0 Å². The minimum absolute atomic E-state index is 0.0588. The van der Waals surface area contributed by atoms with E-state index in [9.17, 15) is 23.5 Å². The third-order valence-corrected chi connectivity index (χ3v) is 4.80. The predicted octanol–water partition coefficient (Wildman–Crippen LogP) is 4.19. The molecular formula is C22H15F2NO5. The summed E-state index contributed by atoms with van der Waals surface area (Å²) in [5, 5.41) is 11.0. The van der Waals surface area contributed by atoms with Gasteiger partial charge in [0.25, 0.3) is 11.7 Å². The van der Waals surface area contributed by atoms with Crippen LogP contribution < -0.4 is 9.64 Å². The number of halogens is 2. The Balaban J connectivity index is 1.95. The van der Waals surface area contributed by atoms with Gasteiger partial charge in [-0.2, -0.15) is 0 Å². The van der Waals surface area contributed by atoms with Crippen molar-refractivity contribution in [1.29, 1.82) is 0 Å². The molecule has 2 aromatic carbocycles. The Labute approximate surface area is 169 Å². The molecule has 1 amide bonds. The van der Waals surface area contributed by atoms with Gasteiger partial charge in [0.1, 0.15) is 23.3 Å². The number of Topliss-reactive ketones (excluding diaryl/α,β-unsaturated/α-hetero) is 1. The lowest BCUT2D eigenvalue weighted by Crippen LogP contribution is -2.29. The highest BCUT2D eigenvalue weighted by molar-refractivity contribution is 6.51. The van der Waals surface area contributed by atoms with Crippen LogP contribution in [0.15, 0.2) is 70.9 Å². The highest BCUT2D eigenvalue weighted by Gasteiger charge is 2.48. The van der Waals surface area contributed by atoms with Gasteiger partial charge in [0, 0.05) is 11.8 Å². The molecule has 1 N–H and O–H groups in total. The Morgan fingerprint density at radius 1 is 1.07 bits per heavy atom. The number of carbonyl (C=O) groups excluding carboxylic acids is 2. The van der Waals surface area contributed by atoms with Gasteiger partial charge in [0.2, 0.25) is 0 Å². The molecule has 1 aliphatic rings. The first-order valence-corrected chi connectivity index (χ1v) is 8.87. The van der Waals surface area contributed by atoms with Crippen molar-refractivity contribution >= 4 is 23.1 Å². The van der Waals surface area contributed by atoms with Crippen molar-refractivity contribution < 1.29 is 32.6 Å². The molecule has 3 aromatic rings. The highest BCUT2D eigenvalue weighted by Crippen LogP contribution is 2.43. The van der Waals surface area contributed by atoms with Crippen molar-refractivity contribution in [2.24, 2.45) is 0 Å². The number of amides is 1. The Kier molecular flexibility index (Phi) is 4.83. The molecule has 1 saturated heterocycles. The minimum atomic E-state index is -1.19. The fourth-order valence-electron chi connectivity index (χ4n) is 3.44. The number of aliphatic hydroxyl groups excluding tert-OH is 1. The van der Waals surface area contributed by atoms with Crippen LogP contribution in [0.5, 0.6) is 5.75 Å². The van der Waals surface area contributed by atoms with E-state index in [0.29, 0.717) is 0 Å². The van der Waals surface area contributed by atoms with E-state index in [1.807, 2.05) is 0 Å². The van der Waals surface area contributed by atoms with Gasteiger partial charge in [-0.3, -0.25) is 14.5 Å². The van der Waals surface area contributed by atoms with Crippen LogP contribution in [0.25, 0.3) is 5.76 Å². The van der Waals surface area contributed by atoms with Gasteiger partial charge in [-0.25, -0.2) is 8.78 Å². The molecule has 0 spiro atoms. The molecule has 1 fully saturated rings. The Morgan fingerprint density at radius 3 is 2.50 bits per heavy atom. The zero-order valence-corrected chi connectivity index (χ0v) is 15.6. The summed E-state index contributed by atoms with van der Waals surface area (Å²) in [4.78, 5) is 26.7. The second kappa shape index (κ2) is 7.47. The third-order valence-electron chi connectivity index (χ3n) is 4.80. The van der Waals surface area contributed by atoms with E-state index >= 15 is 0 Å². The van der Waals surface area contributed by atoms with E-state index in [1.54, 1.807) is 24.3 Å². The summed E-state index contributed by atoms with van der Waals surface area (Å²) in [6.45, 7) is 0. The summed E-state index contributed by atoms with van der Waals surface area (Å²) < 4.78 is 37.9. The topological polar surface area (TPSA) is 80.0 Å². The van der Waals surface area contributed by atoms with Gasteiger partial charge in [0.15, 0.2) is 11.6 Å². The first kappa shape index (κ1) is 19.4. The number of nitrogens with zero attached hydrogens (tertiary/aromatic N) is 1. The van der Waals surface area contributed by atoms with Crippen molar-refractivity contribution in [3.05, 3.63) is 89.4 Å². The number of rotatable bonds is 4. The standard InChI is InChI=1S/C22H15F2NO5/c1-29-16-6-3-2-5-13(16)20(26)18-19(17-7-4-10-30-17)25(22(28)21(18)27)12-8-9-14(23)15(24)11-12/h2-11,19,26H,1H3/b20-18-. The van der Waals surface area contributed by atoms with Crippen molar-refractivity contribution in [3.63, 3.8) is 0 Å². The first-order valence-electron chi connectivity index (χ1n) is 8.87. The van der Waals surface area contributed by atoms with E-state index < -0.39 is 35.1 Å². The molecule has 8 heteroatoms. The molecule has 1 unspecified atom stereocenters. The molecule has 152 valence electrons. The van der Waals surface area contributed by atoms with Gasteiger partial charge >= 0.3 is 0 Å². The summed E-state index contributed by atoms with van der Waals surface area (Å²) in [6.07, 6.45) is 1.34.